The summed E-state index contributed by atoms with van der Waals surface area (Å²) in [7, 11) is 0. The summed E-state index contributed by atoms with van der Waals surface area (Å²) in [6.07, 6.45) is 0. The summed E-state index contributed by atoms with van der Waals surface area (Å²) in [5.74, 6) is -0.724. The smallest absolute Gasteiger partial charge is 0.338 e. The number of nitrogens with one attached hydrogen (secondary N) is 1. The van der Waals surface area contributed by atoms with Crippen molar-refractivity contribution in [1.82, 2.24) is 0 Å². The number of benzene rings is 2. The van der Waals surface area contributed by atoms with E-state index in [2.05, 4.69) is 5.32 Å². The highest BCUT2D eigenvalue weighted by Gasteiger charge is 2.21. The van der Waals surface area contributed by atoms with E-state index in [1.807, 2.05) is 24.3 Å². The number of hydrogen-bond donors (Lipinski definition) is 2. The third kappa shape index (κ3) is 2.84. The van der Waals surface area contributed by atoms with E-state index < -0.39 is 5.97 Å². The quantitative estimate of drug-likeness (QED) is 0.851. The zero-order valence-corrected chi connectivity index (χ0v) is 12.4. The average Bonchev–Trinajstić information content (AvgIpc) is 2.67. The van der Waals surface area contributed by atoms with E-state index in [9.17, 15) is 9.59 Å². The number of carbonyl (C=O) groups is 2. The Kier molecular flexibility index (Phi) is 4.13. The lowest BCUT2D eigenvalue weighted by molar-refractivity contribution is 0.0433. The van der Waals surface area contributed by atoms with E-state index in [0.717, 1.165) is 10.6 Å². The first-order valence-electron chi connectivity index (χ1n) is 6.69. The van der Waals surface area contributed by atoms with Crippen molar-refractivity contribution in [3.05, 3.63) is 53.6 Å². The van der Waals surface area contributed by atoms with Crippen LogP contribution in [-0.4, -0.2) is 30.2 Å². The Hall–Kier alpha value is -2.31. The summed E-state index contributed by atoms with van der Waals surface area (Å²) in [6, 6.07) is 12.3. The molecule has 2 aromatic rings. The summed E-state index contributed by atoms with van der Waals surface area (Å²) < 4.78 is 4.90. The fourth-order valence-corrected chi connectivity index (χ4v) is 3.18. The Bertz CT molecular complexity index is 745. The molecule has 5 nitrogen and oxygen atoms in total. The maximum Gasteiger partial charge on any atom is 0.338 e. The van der Waals surface area contributed by atoms with Gasteiger partial charge in [-0.15, -0.1) is 0 Å². The van der Waals surface area contributed by atoms with E-state index in [-0.39, 0.29) is 19.1 Å². The van der Waals surface area contributed by atoms with E-state index in [4.69, 9.17) is 9.84 Å². The third-order valence-corrected chi connectivity index (χ3v) is 4.28. The Morgan fingerprint density at radius 2 is 2.00 bits per heavy atom. The summed E-state index contributed by atoms with van der Waals surface area (Å²) >= 11 is 1.42. The van der Waals surface area contributed by atoms with Crippen molar-refractivity contribution in [2.75, 3.05) is 18.5 Å². The number of aliphatic hydroxyl groups is 1. The molecule has 1 amide bonds. The van der Waals surface area contributed by atoms with Crippen molar-refractivity contribution in [1.29, 1.82) is 0 Å². The van der Waals surface area contributed by atoms with Crippen LogP contribution in [0, 0.1) is 0 Å². The van der Waals surface area contributed by atoms with E-state index in [1.54, 1.807) is 18.2 Å². The minimum atomic E-state index is -0.518. The number of amides is 1. The lowest BCUT2D eigenvalue weighted by atomic mass is 10.1. The van der Waals surface area contributed by atoms with Gasteiger partial charge in [-0.3, -0.25) is 4.79 Å². The molecule has 0 saturated heterocycles. The molecule has 3 rings (SSSR count). The molecule has 1 heterocycles. The fourth-order valence-electron chi connectivity index (χ4n) is 2.11. The predicted octanol–water partition coefficient (Wildman–Crippen LogP) is 2.55. The predicted molar refractivity (Wildman–Crippen MR) is 82.3 cm³/mol. The second kappa shape index (κ2) is 6.21. The molecule has 2 N–H and O–H groups in total. The topological polar surface area (TPSA) is 75.6 Å². The van der Waals surface area contributed by atoms with Gasteiger partial charge in [0.25, 0.3) is 5.91 Å². The zero-order valence-electron chi connectivity index (χ0n) is 11.5. The van der Waals surface area contributed by atoms with Gasteiger partial charge in [0.1, 0.15) is 6.61 Å². The van der Waals surface area contributed by atoms with Crippen LogP contribution in [0.25, 0.3) is 0 Å². The summed E-state index contributed by atoms with van der Waals surface area (Å²) in [6.45, 7) is -0.270. The molecule has 0 spiro atoms. The molecule has 112 valence electrons. The largest absolute Gasteiger partial charge is 0.460 e. The van der Waals surface area contributed by atoms with Crippen LogP contribution < -0.4 is 5.32 Å². The molecule has 22 heavy (non-hydrogen) atoms. The molecule has 1 aliphatic rings. The molecule has 2 aromatic carbocycles. The molecule has 0 aromatic heterocycles. The van der Waals surface area contributed by atoms with Gasteiger partial charge >= 0.3 is 5.97 Å². The maximum absolute atomic E-state index is 12.2. The van der Waals surface area contributed by atoms with Gasteiger partial charge in [0.15, 0.2) is 0 Å². The Morgan fingerprint density at radius 3 is 2.82 bits per heavy atom. The first-order valence-corrected chi connectivity index (χ1v) is 7.51. The molecular weight excluding hydrogens is 302 g/mol. The van der Waals surface area contributed by atoms with Crippen LogP contribution in [0.1, 0.15) is 20.7 Å². The summed E-state index contributed by atoms with van der Waals surface area (Å²) in [5.41, 5.74) is 1.62. The highest BCUT2D eigenvalue weighted by Crippen LogP contribution is 2.38. The van der Waals surface area contributed by atoms with Gasteiger partial charge in [0, 0.05) is 9.79 Å². The normalized spacial score (nSPS) is 12.7. The maximum atomic E-state index is 12.2. The lowest BCUT2D eigenvalue weighted by Gasteiger charge is -2.07. The lowest BCUT2D eigenvalue weighted by Crippen LogP contribution is -2.13. The van der Waals surface area contributed by atoms with Crippen molar-refractivity contribution in [3.8, 4) is 0 Å². The molecular formula is C16H13NO4S. The van der Waals surface area contributed by atoms with Crippen LogP contribution in [0.2, 0.25) is 0 Å². The van der Waals surface area contributed by atoms with Crippen molar-refractivity contribution in [2.24, 2.45) is 0 Å². The van der Waals surface area contributed by atoms with E-state index >= 15 is 0 Å². The third-order valence-electron chi connectivity index (χ3n) is 3.14. The highest BCUT2D eigenvalue weighted by molar-refractivity contribution is 7.99. The number of aliphatic hydroxyl groups excluding tert-OH is 1. The van der Waals surface area contributed by atoms with Crippen LogP contribution in [-0.2, 0) is 4.74 Å². The van der Waals surface area contributed by atoms with Gasteiger partial charge in [-0.05, 0) is 30.3 Å². The first kappa shape index (κ1) is 14.6. The molecule has 0 aliphatic carbocycles. The minimum Gasteiger partial charge on any atom is -0.460 e. The fraction of sp³-hybridized carbons (Fsp3) is 0.125. The SMILES string of the molecule is O=C(OCCO)c1ccc2c(c1)Sc1ccccc1NC2=O. The van der Waals surface area contributed by atoms with Crippen LogP contribution >= 0.6 is 11.8 Å². The number of para-hydroxylation sites is 1. The van der Waals surface area contributed by atoms with Crippen molar-refractivity contribution >= 4 is 29.3 Å². The first-order chi connectivity index (χ1) is 10.7. The van der Waals surface area contributed by atoms with Crippen molar-refractivity contribution in [2.45, 2.75) is 9.79 Å². The number of rotatable bonds is 3. The number of ether oxygens (including phenoxy) is 1. The molecule has 0 bridgehead atoms. The van der Waals surface area contributed by atoms with Crippen LogP contribution in [0.5, 0.6) is 0 Å². The monoisotopic (exact) mass is 315 g/mol. The van der Waals surface area contributed by atoms with Gasteiger partial charge in [-0.2, -0.15) is 0 Å². The molecule has 0 fully saturated rings. The van der Waals surface area contributed by atoms with E-state index in [1.165, 1.54) is 11.8 Å². The molecule has 0 saturated carbocycles. The molecule has 0 radical (unpaired) electrons. The van der Waals surface area contributed by atoms with Crippen LogP contribution in [0.15, 0.2) is 52.3 Å². The van der Waals surface area contributed by atoms with Crippen molar-refractivity contribution < 1.29 is 19.4 Å². The number of hydrogen-bond acceptors (Lipinski definition) is 5. The minimum absolute atomic E-state index is 0.0492. The Morgan fingerprint density at radius 1 is 1.18 bits per heavy atom. The molecule has 0 unspecified atom stereocenters. The van der Waals surface area contributed by atoms with Gasteiger partial charge in [-0.1, -0.05) is 23.9 Å². The number of carbonyl (C=O) groups excluding carboxylic acids is 2. The van der Waals surface area contributed by atoms with Gasteiger partial charge in [-0.25, -0.2) is 4.79 Å². The van der Waals surface area contributed by atoms with Crippen molar-refractivity contribution in [3.63, 3.8) is 0 Å². The van der Waals surface area contributed by atoms with Gasteiger partial charge in [0.05, 0.1) is 23.4 Å². The summed E-state index contributed by atoms with van der Waals surface area (Å²) in [4.78, 5) is 25.7. The second-order valence-corrected chi connectivity index (χ2v) is 5.71. The second-order valence-electron chi connectivity index (χ2n) is 4.62. The van der Waals surface area contributed by atoms with Crippen LogP contribution in [0.4, 0.5) is 5.69 Å². The van der Waals surface area contributed by atoms with Gasteiger partial charge < -0.3 is 15.2 Å². The average molecular weight is 315 g/mol. The molecule has 1 aliphatic heterocycles. The number of esters is 1. The summed E-state index contributed by atoms with van der Waals surface area (Å²) in [5, 5.41) is 11.6. The van der Waals surface area contributed by atoms with Crippen LogP contribution in [0.3, 0.4) is 0 Å². The Labute approximate surface area is 131 Å². The highest BCUT2D eigenvalue weighted by atomic mass is 32.2. The van der Waals surface area contributed by atoms with E-state index in [0.29, 0.717) is 16.0 Å². The number of fused-ring (bicyclic) bond motifs is 2. The number of anilines is 1. The van der Waals surface area contributed by atoms with Gasteiger partial charge in [0.2, 0.25) is 0 Å². The zero-order chi connectivity index (χ0) is 15.5. The molecule has 0 atom stereocenters. The Balaban J connectivity index is 1.97. The standard InChI is InChI=1S/C16H13NO4S/c18-7-8-21-16(20)10-5-6-11-14(9-10)22-13-4-2-1-3-12(13)17-15(11)19/h1-6,9,18H,7-8H2,(H,17,19). The molecule has 6 heteroatoms.